The van der Waals surface area contributed by atoms with Gasteiger partial charge in [-0.25, -0.2) is 4.21 Å². The molecule has 0 heterocycles. The van der Waals surface area contributed by atoms with E-state index in [4.69, 9.17) is 4.55 Å². The number of halogens is 7. The fourth-order valence-electron chi connectivity index (χ4n) is 0.275. The van der Waals surface area contributed by atoms with Crippen LogP contribution in [0.4, 0.5) is 30.7 Å². The summed E-state index contributed by atoms with van der Waals surface area (Å²) in [5.74, 6) is -6.53. The minimum absolute atomic E-state index is 0. The van der Waals surface area contributed by atoms with Gasteiger partial charge in [0, 0.05) is 29.6 Å². The summed E-state index contributed by atoms with van der Waals surface area (Å²) in [5.41, 5.74) is 0. The molecule has 0 aromatic heterocycles. The van der Waals surface area contributed by atoms with Crippen molar-refractivity contribution in [3.63, 3.8) is 0 Å². The second-order valence-corrected chi connectivity index (χ2v) is 2.85. The maximum Gasteiger partial charge on any atom is 0.461 e. The molecule has 0 amide bonds. The number of hydrogen-bond acceptors (Lipinski definition) is 1. The van der Waals surface area contributed by atoms with Gasteiger partial charge in [0.25, 0.3) is 0 Å². The molecule has 1 atom stereocenters. The van der Waals surface area contributed by atoms with Gasteiger partial charge >= 0.3 is 17.4 Å². The molecule has 1 radical (unpaired) electrons. The standard InChI is InChI=1S/C3HF7O2S.Na/c4-1(5,2(6,7)8)3(9,10)13(11)12;/h(H,11,12);. The van der Waals surface area contributed by atoms with Crippen molar-refractivity contribution in [2.45, 2.75) is 17.4 Å². The van der Waals surface area contributed by atoms with E-state index in [0.29, 0.717) is 0 Å². The van der Waals surface area contributed by atoms with Gasteiger partial charge in [-0.05, 0) is 0 Å². The first-order valence-corrected chi connectivity index (χ1v) is 3.48. The largest absolute Gasteiger partial charge is 0.461 e. The molecule has 0 saturated heterocycles. The summed E-state index contributed by atoms with van der Waals surface area (Å²) in [6.45, 7) is 0. The van der Waals surface area contributed by atoms with Crippen LogP contribution in [0.1, 0.15) is 0 Å². The van der Waals surface area contributed by atoms with Crippen molar-refractivity contribution in [3.05, 3.63) is 0 Å². The van der Waals surface area contributed by atoms with E-state index in [9.17, 15) is 34.9 Å². The Kier molecular flexibility index (Phi) is 5.64. The van der Waals surface area contributed by atoms with Crippen LogP contribution in [-0.2, 0) is 11.1 Å². The Labute approximate surface area is 97.4 Å². The van der Waals surface area contributed by atoms with E-state index in [0.717, 1.165) is 0 Å². The van der Waals surface area contributed by atoms with Crippen molar-refractivity contribution in [2.75, 3.05) is 0 Å². The summed E-state index contributed by atoms with van der Waals surface area (Å²) >= 11 is -4.60. The molecule has 1 N–H and O–H groups in total. The van der Waals surface area contributed by atoms with Crippen molar-refractivity contribution in [2.24, 2.45) is 0 Å². The average molecular weight is 257 g/mol. The van der Waals surface area contributed by atoms with Crippen LogP contribution in [-0.4, -0.2) is 55.7 Å². The molecular formula is C3HF7NaO2S. The van der Waals surface area contributed by atoms with E-state index in [1.807, 2.05) is 0 Å². The van der Waals surface area contributed by atoms with E-state index >= 15 is 0 Å². The zero-order chi connectivity index (χ0) is 11.1. The number of alkyl halides is 7. The second-order valence-electron chi connectivity index (χ2n) is 1.84. The SMILES string of the molecule is O=S(O)C(F)(F)C(F)(F)C(F)(F)F.[Na]. The molecule has 0 spiro atoms. The molecule has 0 aromatic rings. The average Bonchev–Trinajstić information content (AvgIpc) is 1.84. The van der Waals surface area contributed by atoms with Crippen molar-refractivity contribution in [1.82, 2.24) is 0 Å². The zero-order valence-electron chi connectivity index (χ0n) is 6.41. The Hall–Kier alpha value is 0.620. The minimum Gasteiger partial charge on any atom is -0.301 e. The zero-order valence-corrected chi connectivity index (χ0v) is 9.23. The van der Waals surface area contributed by atoms with Crippen LogP contribution in [0.2, 0.25) is 0 Å². The molecule has 0 saturated carbocycles. The van der Waals surface area contributed by atoms with Gasteiger partial charge < -0.3 is 4.55 Å². The van der Waals surface area contributed by atoms with Gasteiger partial charge in [-0.2, -0.15) is 30.7 Å². The van der Waals surface area contributed by atoms with E-state index in [1.165, 1.54) is 0 Å². The maximum absolute atomic E-state index is 11.8. The predicted molar refractivity (Wildman–Crippen MR) is 32.5 cm³/mol. The Balaban J connectivity index is 0. The third-order valence-electron chi connectivity index (χ3n) is 0.941. The van der Waals surface area contributed by atoms with Crippen molar-refractivity contribution in [1.29, 1.82) is 0 Å². The summed E-state index contributed by atoms with van der Waals surface area (Å²) in [4.78, 5) is 0. The van der Waals surface area contributed by atoms with Crippen LogP contribution in [0.25, 0.3) is 0 Å². The smallest absolute Gasteiger partial charge is 0.301 e. The van der Waals surface area contributed by atoms with E-state index in [1.54, 1.807) is 0 Å². The Morgan fingerprint density at radius 2 is 1.21 bits per heavy atom. The van der Waals surface area contributed by atoms with Gasteiger partial charge in [-0.3, -0.25) is 0 Å². The third-order valence-corrected chi connectivity index (χ3v) is 1.64. The van der Waals surface area contributed by atoms with Crippen LogP contribution < -0.4 is 0 Å². The molecule has 11 heteroatoms. The van der Waals surface area contributed by atoms with Gasteiger partial charge in [0.1, 0.15) is 0 Å². The summed E-state index contributed by atoms with van der Waals surface area (Å²) < 4.78 is 97.7. The molecule has 0 aliphatic rings. The first-order valence-electron chi connectivity index (χ1n) is 2.38. The second kappa shape index (κ2) is 4.64. The fourth-order valence-corrected chi connectivity index (χ4v) is 0.610. The molecule has 81 valence electrons. The molecule has 14 heavy (non-hydrogen) atoms. The Morgan fingerprint density at radius 1 is 0.929 bits per heavy atom. The Morgan fingerprint density at radius 3 is 1.29 bits per heavy atom. The first kappa shape index (κ1) is 17.0. The van der Waals surface area contributed by atoms with E-state index in [2.05, 4.69) is 0 Å². The predicted octanol–water partition coefficient (Wildman–Crippen LogP) is 1.62. The number of rotatable bonds is 2. The molecule has 0 fully saturated rings. The molecule has 1 unspecified atom stereocenters. The normalized spacial score (nSPS) is 16.0. The molecule has 0 rings (SSSR count). The Bertz CT molecular complexity index is 225. The summed E-state index contributed by atoms with van der Waals surface area (Å²) in [6, 6.07) is 0. The van der Waals surface area contributed by atoms with Crippen molar-refractivity contribution in [3.8, 4) is 0 Å². The van der Waals surface area contributed by atoms with Gasteiger partial charge in [-0.15, -0.1) is 0 Å². The molecule has 0 aromatic carbocycles. The molecule has 0 aliphatic carbocycles. The molecular weight excluding hydrogens is 256 g/mol. The van der Waals surface area contributed by atoms with Crippen molar-refractivity contribution >= 4 is 40.6 Å². The number of hydrogen-bond donors (Lipinski definition) is 1. The topological polar surface area (TPSA) is 37.3 Å². The van der Waals surface area contributed by atoms with Crippen LogP contribution >= 0.6 is 0 Å². The van der Waals surface area contributed by atoms with Crippen LogP contribution in [0.15, 0.2) is 0 Å². The first-order chi connectivity index (χ1) is 5.44. The molecule has 0 aliphatic heterocycles. The minimum atomic E-state index is -6.57. The molecule has 0 bridgehead atoms. The molecule has 2 nitrogen and oxygen atoms in total. The summed E-state index contributed by atoms with van der Waals surface area (Å²) in [7, 11) is 0. The fraction of sp³-hybridized carbons (Fsp3) is 1.00. The summed E-state index contributed by atoms with van der Waals surface area (Å²) in [6.07, 6.45) is -6.57. The van der Waals surface area contributed by atoms with Crippen LogP contribution in [0.3, 0.4) is 0 Å². The summed E-state index contributed by atoms with van der Waals surface area (Å²) in [5, 5.41) is -6.05. The maximum atomic E-state index is 11.8. The third kappa shape index (κ3) is 2.81. The van der Waals surface area contributed by atoms with Gasteiger partial charge in [0.15, 0.2) is 0 Å². The van der Waals surface area contributed by atoms with Gasteiger partial charge in [0.2, 0.25) is 11.1 Å². The van der Waals surface area contributed by atoms with Crippen molar-refractivity contribution < 1.29 is 39.5 Å². The van der Waals surface area contributed by atoms with Crippen LogP contribution in [0.5, 0.6) is 0 Å². The van der Waals surface area contributed by atoms with Crippen LogP contribution in [0, 0.1) is 0 Å². The van der Waals surface area contributed by atoms with Gasteiger partial charge in [0.05, 0.1) is 0 Å². The van der Waals surface area contributed by atoms with Gasteiger partial charge in [-0.1, -0.05) is 0 Å². The van der Waals surface area contributed by atoms with E-state index < -0.39 is 28.4 Å². The monoisotopic (exact) mass is 257 g/mol. The quantitative estimate of drug-likeness (QED) is 0.463. The van der Waals surface area contributed by atoms with E-state index in [-0.39, 0.29) is 29.6 Å².